The molecule has 0 radical (unpaired) electrons. The summed E-state index contributed by atoms with van der Waals surface area (Å²) in [6.45, 7) is 9.13. The summed E-state index contributed by atoms with van der Waals surface area (Å²) < 4.78 is 0. The lowest BCUT2D eigenvalue weighted by Crippen LogP contribution is -2.15. The zero-order chi connectivity index (χ0) is 13.2. The van der Waals surface area contributed by atoms with Crippen LogP contribution >= 0.6 is 0 Å². The van der Waals surface area contributed by atoms with Gasteiger partial charge in [0.15, 0.2) is 0 Å². The highest BCUT2D eigenvalue weighted by molar-refractivity contribution is 5.52. The smallest absolute Gasteiger partial charge is 0.00838 e. The summed E-state index contributed by atoms with van der Waals surface area (Å²) in [5.74, 6) is 0. The fraction of sp³-hybridized carbons (Fsp3) is 0.444. The van der Waals surface area contributed by atoms with E-state index in [0.717, 1.165) is 0 Å². The molecule has 2 aliphatic carbocycles. The van der Waals surface area contributed by atoms with Crippen molar-refractivity contribution >= 4 is 0 Å². The highest BCUT2D eigenvalue weighted by atomic mass is 14.3. The SMILES string of the molecule is CC1=CC=CC(C)(C)C(C2=CC=CCCC2)=C1C. The minimum Gasteiger partial charge on any atom is -0.0845 e. The first-order valence-electron chi connectivity index (χ1n) is 6.96. The first kappa shape index (κ1) is 13.1. The molecule has 0 heteroatoms. The van der Waals surface area contributed by atoms with Gasteiger partial charge in [-0.1, -0.05) is 50.3 Å². The van der Waals surface area contributed by atoms with Crippen molar-refractivity contribution in [2.45, 2.75) is 47.0 Å². The van der Waals surface area contributed by atoms with Gasteiger partial charge in [-0.05, 0) is 55.4 Å². The molecule has 0 aromatic rings. The summed E-state index contributed by atoms with van der Waals surface area (Å²) in [6, 6.07) is 0. The first-order chi connectivity index (χ1) is 8.52. The van der Waals surface area contributed by atoms with Crippen molar-refractivity contribution in [1.29, 1.82) is 0 Å². The molecule has 0 fully saturated rings. The summed E-state index contributed by atoms with van der Waals surface area (Å²) >= 11 is 0. The third kappa shape index (κ3) is 2.58. The van der Waals surface area contributed by atoms with Crippen LogP contribution in [0.5, 0.6) is 0 Å². The van der Waals surface area contributed by atoms with Gasteiger partial charge in [-0.15, -0.1) is 0 Å². The molecule has 0 saturated heterocycles. The lowest BCUT2D eigenvalue weighted by molar-refractivity contribution is 0.574. The largest absolute Gasteiger partial charge is 0.0845 e. The normalized spacial score (nSPS) is 23.3. The second kappa shape index (κ2) is 5.14. The molecule has 0 aliphatic heterocycles. The van der Waals surface area contributed by atoms with E-state index in [1.807, 2.05) is 0 Å². The Morgan fingerprint density at radius 3 is 2.61 bits per heavy atom. The molecular weight excluding hydrogens is 216 g/mol. The number of hydrogen-bond acceptors (Lipinski definition) is 0. The van der Waals surface area contributed by atoms with Crippen LogP contribution in [0, 0.1) is 5.41 Å². The third-order valence-electron chi connectivity index (χ3n) is 4.04. The lowest BCUT2D eigenvalue weighted by Gasteiger charge is -2.28. The molecule has 96 valence electrons. The second-order valence-corrected chi connectivity index (χ2v) is 5.94. The van der Waals surface area contributed by atoms with Crippen LogP contribution in [-0.4, -0.2) is 0 Å². The van der Waals surface area contributed by atoms with Crippen molar-refractivity contribution in [3.63, 3.8) is 0 Å². The van der Waals surface area contributed by atoms with Crippen molar-refractivity contribution < 1.29 is 0 Å². The molecule has 0 amide bonds. The maximum atomic E-state index is 2.33. The Balaban J connectivity index is 2.53. The minimum absolute atomic E-state index is 0.127. The maximum Gasteiger partial charge on any atom is 0.00838 e. The Kier molecular flexibility index (Phi) is 3.75. The molecule has 2 rings (SSSR count). The highest BCUT2D eigenvalue weighted by Gasteiger charge is 2.26. The van der Waals surface area contributed by atoms with Crippen molar-refractivity contribution in [2.75, 3.05) is 0 Å². The van der Waals surface area contributed by atoms with Gasteiger partial charge < -0.3 is 0 Å². The molecule has 0 bridgehead atoms. The molecule has 0 N–H and O–H groups in total. The van der Waals surface area contributed by atoms with Crippen LogP contribution in [0.4, 0.5) is 0 Å². The molecule has 0 aromatic heterocycles. The zero-order valence-corrected chi connectivity index (χ0v) is 12.1. The van der Waals surface area contributed by atoms with E-state index in [9.17, 15) is 0 Å². The molecule has 0 atom stereocenters. The third-order valence-corrected chi connectivity index (χ3v) is 4.04. The summed E-state index contributed by atoms with van der Waals surface area (Å²) in [4.78, 5) is 0. The lowest BCUT2D eigenvalue weighted by atomic mass is 9.76. The zero-order valence-electron chi connectivity index (χ0n) is 12.1. The van der Waals surface area contributed by atoms with Crippen LogP contribution in [0.1, 0.15) is 47.0 Å². The fourth-order valence-electron chi connectivity index (χ4n) is 2.96. The predicted octanol–water partition coefficient (Wildman–Crippen LogP) is 5.51. The average molecular weight is 240 g/mol. The Morgan fingerprint density at radius 1 is 1.06 bits per heavy atom. The first-order valence-corrected chi connectivity index (χ1v) is 6.96. The van der Waals surface area contributed by atoms with E-state index in [1.54, 1.807) is 0 Å². The van der Waals surface area contributed by atoms with Gasteiger partial charge in [-0.3, -0.25) is 0 Å². The van der Waals surface area contributed by atoms with Gasteiger partial charge in [0.05, 0.1) is 0 Å². The van der Waals surface area contributed by atoms with Crippen molar-refractivity contribution in [3.8, 4) is 0 Å². The minimum atomic E-state index is 0.127. The van der Waals surface area contributed by atoms with Gasteiger partial charge in [-0.25, -0.2) is 0 Å². The average Bonchev–Trinajstić information content (AvgIpc) is 2.60. The van der Waals surface area contributed by atoms with Gasteiger partial charge in [0.1, 0.15) is 0 Å². The number of hydrogen-bond donors (Lipinski definition) is 0. The molecule has 0 spiro atoms. The maximum absolute atomic E-state index is 2.33. The van der Waals surface area contributed by atoms with Crippen LogP contribution in [0.2, 0.25) is 0 Å². The quantitative estimate of drug-likeness (QED) is 0.566. The van der Waals surface area contributed by atoms with Gasteiger partial charge in [0.2, 0.25) is 0 Å². The van der Waals surface area contributed by atoms with Crippen molar-refractivity contribution in [1.82, 2.24) is 0 Å². The van der Waals surface area contributed by atoms with E-state index in [1.165, 1.54) is 41.6 Å². The highest BCUT2D eigenvalue weighted by Crippen LogP contribution is 2.41. The molecule has 18 heavy (non-hydrogen) atoms. The Bertz CT molecular complexity index is 476. The van der Waals surface area contributed by atoms with Crippen LogP contribution < -0.4 is 0 Å². The summed E-state index contributed by atoms with van der Waals surface area (Å²) in [7, 11) is 0. The Morgan fingerprint density at radius 2 is 1.83 bits per heavy atom. The van der Waals surface area contributed by atoms with E-state index in [-0.39, 0.29) is 5.41 Å². The fourth-order valence-corrected chi connectivity index (χ4v) is 2.96. The van der Waals surface area contributed by atoms with Gasteiger partial charge in [-0.2, -0.15) is 0 Å². The molecule has 0 aromatic carbocycles. The second-order valence-electron chi connectivity index (χ2n) is 5.94. The summed E-state index contributed by atoms with van der Waals surface area (Å²) in [5, 5.41) is 0. The molecule has 0 nitrogen and oxygen atoms in total. The number of allylic oxidation sites excluding steroid dienone is 10. The molecule has 0 heterocycles. The monoisotopic (exact) mass is 240 g/mol. The molecule has 2 aliphatic rings. The molecule has 0 unspecified atom stereocenters. The summed E-state index contributed by atoms with van der Waals surface area (Å²) in [5.41, 5.74) is 6.01. The topological polar surface area (TPSA) is 0 Å². The van der Waals surface area contributed by atoms with Gasteiger partial charge in [0.25, 0.3) is 0 Å². The van der Waals surface area contributed by atoms with Crippen molar-refractivity contribution in [2.24, 2.45) is 5.41 Å². The van der Waals surface area contributed by atoms with Crippen LogP contribution in [-0.2, 0) is 0 Å². The van der Waals surface area contributed by atoms with E-state index >= 15 is 0 Å². The Hall–Kier alpha value is -1.30. The standard InChI is InChI=1S/C18H24/c1-14-10-9-13-18(3,4)17(15(14)2)16-11-7-5-6-8-12-16/h5,7,9-11,13H,6,8,12H2,1-4H3. The van der Waals surface area contributed by atoms with Gasteiger partial charge >= 0.3 is 0 Å². The van der Waals surface area contributed by atoms with Crippen LogP contribution in [0.25, 0.3) is 0 Å². The van der Waals surface area contributed by atoms with Crippen LogP contribution in [0.15, 0.2) is 58.7 Å². The van der Waals surface area contributed by atoms with Crippen LogP contribution in [0.3, 0.4) is 0 Å². The van der Waals surface area contributed by atoms with E-state index in [2.05, 4.69) is 64.2 Å². The number of rotatable bonds is 1. The van der Waals surface area contributed by atoms with Crippen molar-refractivity contribution in [3.05, 3.63) is 58.7 Å². The Labute approximate surface area is 111 Å². The van der Waals surface area contributed by atoms with Gasteiger partial charge in [0, 0.05) is 5.41 Å². The molecule has 0 saturated carbocycles. The van der Waals surface area contributed by atoms with E-state index < -0.39 is 0 Å². The van der Waals surface area contributed by atoms with E-state index in [0.29, 0.717) is 0 Å². The summed E-state index contributed by atoms with van der Waals surface area (Å²) in [6.07, 6.45) is 17.3. The predicted molar refractivity (Wildman–Crippen MR) is 80.5 cm³/mol. The van der Waals surface area contributed by atoms with E-state index in [4.69, 9.17) is 0 Å². The molecular formula is C18H24.